The quantitative estimate of drug-likeness (QED) is 0.0480. The van der Waals surface area contributed by atoms with Gasteiger partial charge in [0.25, 0.3) is 0 Å². The van der Waals surface area contributed by atoms with Crippen LogP contribution in [0, 0.1) is 12.8 Å². The molecule has 0 bridgehead atoms. The minimum absolute atomic E-state index is 0.00809. The number of rotatable bonds is 16. The highest BCUT2D eigenvalue weighted by atomic mass is 32.1. The molecule has 3 heterocycles. The van der Waals surface area contributed by atoms with Crippen molar-refractivity contribution in [3.8, 4) is 16.2 Å². The third-order valence-electron chi connectivity index (χ3n) is 11.3. The first kappa shape index (κ1) is 44.7. The van der Waals surface area contributed by atoms with Gasteiger partial charge in [-0.05, 0) is 90.0 Å². The maximum absolute atomic E-state index is 13.7. The van der Waals surface area contributed by atoms with E-state index in [-0.39, 0.29) is 17.3 Å². The predicted molar refractivity (Wildman–Crippen MR) is 250 cm³/mol. The van der Waals surface area contributed by atoms with Crippen molar-refractivity contribution in [3.05, 3.63) is 194 Å². The molecule has 0 saturated carbocycles. The number of nitrogens with zero attached hydrogens (tertiary/aromatic N) is 1. The predicted octanol–water partition coefficient (Wildman–Crippen LogP) is 8.61. The molecule has 1 aliphatic rings. The number of phenols is 1. The van der Waals surface area contributed by atoms with Gasteiger partial charge in [-0.1, -0.05) is 115 Å². The summed E-state index contributed by atoms with van der Waals surface area (Å²) in [5.41, 5.74) is 7.28. The summed E-state index contributed by atoms with van der Waals surface area (Å²) in [7, 11) is 0. The van der Waals surface area contributed by atoms with Crippen LogP contribution in [0.2, 0.25) is 0 Å². The molecule has 5 aromatic carbocycles. The van der Waals surface area contributed by atoms with Crippen molar-refractivity contribution in [1.82, 2.24) is 20.5 Å². The largest absolute Gasteiger partial charge is 0.506 e. The van der Waals surface area contributed by atoms with Gasteiger partial charge in [-0.2, -0.15) is 0 Å². The first-order valence-electron chi connectivity index (χ1n) is 21.4. The van der Waals surface area contributed by atoms with Gasteiger partial charge in [0, 0.05) is 53.3 Å². The van der Waals surface area contributed by atoms with E-state index in [0.29, 0.717) is 55.0 Å². The van der Waals surface area contributed by atoms with Crippen LogP contribution in [0.25, 0.3) is 21.3 Å². The number of likely N-dealkylation sites (tertiary alicyclic amines) is 1. The van der Waals surface area contributed by atoms with Crippen molar-refractivity contribution in [2.75, 3.05) is 26.2 Å². The number of phenolic OH excluding ortho intramolecular Hbond substituents is 1. The summed E-state index contributed by atoms with van der Waals surface area (Å²) >= 11 is 1.64. The van der Waals surface area contributed by atoms with Gasteiger partial charge in [-0.15, -0.1) is 11.3 Å². The van der Waals surface area contributed by atoms with Crippen LogP contribution in [-0.2, 0) is 34.0 Å². The average molecular weight is 863 g/mol. The van der Waals surface area contributed by atoms with Crippen molar-refractivity contribution in [3.63, 3.8) is 0 Å². The minimum atomic E-state index is -0.746. The molecule has 1 aliphatic heterocycles. The second-order valence-corrected chi connectivity index (χ2v) is 17.2. The second-order valence-electron chi connectivity index (χ2n) is 16.0. The number of benzene rings is 5. The zero-order valence-electron chi connectivity index (χ0n) is 35.4. The standard InChI is InChI=1S/C33H34N2O3S.C19H20N2O3/c36-24-34-20-30-16-17-31(39-30)28-14-7-15-29(19-28)32(27-12-5-2-6-13-27)33(37)38-23-26-11-8-18-35(22-26)21-25-9-3-1-4-10-25;1-12-2-4-13(5-3-12)10-20-11-17(23)14-6-8-16(22)19-15(14)7-9-18(24)21-19/h1-7,9-10,12-17,19,24,26,32H,8,11,18,20-23H2,(H,34,36);2-9,17,20,22-23H,10-11H2,1H3,(H,21,24). The zero-order chi connectivity index (χ0) is 44.0. The number of amides is 1. The van der Waals surface area contributed by atoms with Gasteiger partial charge < -0.3 is 30.6 Å². The molecule has 63 heavy (non-hydrogen) atoms. The van der Waals surface area contributed by atoms with Gasteiger partial charge in [-0.25, -0.2) is 0 Å². The highest BCUT2D eigenvalue weighted by Crippen LogP contribution is 2.34. The van der Waals surface area contributed by atoms with Crippen LogP contribution in [0.4, 0.5) is 0 Å². The number of carbonyl (C=O) groups is 2. The summed E-state index contributed by atoms with van der Waals surface area (Å²) in [6.07, 6.45) is 2.16. The lowest BCUT2D eigenvalue weighted by atomic mass is 9.90. The topological polar surface area (TPSA) is 144 Å². The lowest BCUT2D eigenvalue weighted by molar-refractivity contribution is -0.146. The number of aliphatic hydroxyl groups is 1. The summed E-state index contributed by atoms with van der Waals surface area (Å²) in [4.78, 5) is 43.0. The molecule has 1 saturated heterocycles. The van der Waals surface area contributed by atoms with Gasteiger partial charge in [-0.3, -0.25) is 19.3 Å². The van der Waals surface area contributed by atoms with Gasteiger partial charge >= 0.3 is 5.97 Å². The Morgan fingerprint density at radius 1 is 0.873 bits per heavy atom. The van der Waals surface area contributed by atoms with Crippen molar-refractivity contribution in [1.29, 1.82) is 0 Å². The Labute approximate surface area is 372 Å². The Balaban J connectivity index is 0.000000212. The minimum Gasteiger partial charge on any atom is -0.506 e. The molecule has 0 spiro atoms. The highest BCUT2D eigenvalue weighted by Gasteiger charge is 2.27. The monoisotopic (exact) mass is 862 g/mol. The number of pyridine rings is 1. The number of piperidine rings is 1. The first-order chi connectivity index (χ1) is 30.7. The number of ether oxygens (including phenoxy) is 1. The molecule has 3 unspecified atom stereocenters. The van der Waals surface area contributed by atoms with E-state index in [1.165, 1.54) is 23.3 Å². The van der Waals surface area contributed by atoms with E-state index in [1.807, 2.05) is 61.5 Å². The number of aliphatic hydroxyl groups excluding tert-OH is 1. The third kappa shape index (κ3) is 12.4. The van der Waals surface area contributed by atoms with Crippen LogP contribution in [0.15, 0.2) is 150 Å². The molecule has 2 aromatic heterocycles. The lowest BCUT2D eigenvalue weighted by Gasteiger charge is -2.32. The number of thiophene rings is 1. The maximum atomic E-state index is 13.7. The van der Waals surface area contributed by atoms with Crippen LogP contribution < -0.4 is 16.2 Å². The second kappa shape index (κ2) is 22.1. The maximum Gasteiger partial charge on any atom is 0.317 e. The Hall–Kier alpha value is -6.37. The van der Waals surface area contributed by atoms with E-state index in [2.05, 4.69) is 87.2 Å². The molecule has 5 N–H and O–H groups in total. The molecule has 3 atom stereocenters. The van der Waals surface area contributed by atoms with Gasteiger partial charge in [0.05, 0.1) is 24.8 Å². The zero-order valence-corrected chi connectivity index (χ0v) is 36.2. The number of hydrogen-bond donors (Lipinski definition) is 5. The summed E-state index contributed by atoms with van der Waals surface area (Å²) in [5.74, 6) is -0.378. The van der Waals surface area contributed by atoms with E-state index in [1.54, 1.807) is 23.5 Å². The van der Waals surface area contributed by atoms with Crippen LogP contribution in [0.1, 0.15) is 63.1 Å². The van der Waals surface area contributed by atoms with Crippen LogP contribution >= 0.6 is 11.3 Å². The van der Waals surface area contributed by atoms with Gasteiger partial charge in [0.2, 0.25) is 12.0 Å². The first-order valence-corrected chi connectivity index (χ1v) is 22.2. The van der Waals surface area contributed by atoms with E-state index in [4.69, 9.17) is 4.74 Å². The van der Waals surface area contributed by atoms with Crippen LogP contribution in [0.5, 0.6) is 5.75 Å². The number of carbonyl (C=O) groups excluding carboxylic acids is 2. The van der Waals surface area contributed by atoms with Crippen molar-refractivity contribution < 1.29 is 24.5 Å². The van der Waals surface area contributed by atoms with E-state index in [0.717, 1.165) is 64.5 Å². The fourth-order valence-electron chi connectivity index (χ4n) is 8.03. The average Bonchev–Trinajstić information content (AvgIpc) is 3.79. The molecule has 10 nitrogen and oxygen atoms in total. The molecule has 0 aliphatic carbocycles. The van der Waals surface area contributed by atoms with Crippen LogP contribution in [-0.4, -0.2) is 58.7 Å². The van der Waals surface area contributed by atoms with E-state index in [9.17, 15) is 24.6 Å². The van der Waals surface area contributed by atoms with E-state index >= 15 is 0 Å². The van der Waals surface area contributed by atoms with Crippen LogP contribution in [0.3, 0.4) is 0 Å². The Bertz CT molecular complexity index is 2610. The van der Waals surface area contributed by atoms with Crippen molar-refractivity contribution in [2.24, 2.45) is 5.92 Å². The third-order valence-corrected chi connectivity index (χ3v) is 12.4. The Morgan fingerprint density at radius 2 is 1.63 bits per heavy atom. The van der Waals surface area contributed by atoms with Gasteiger partial charge in [0.15, 0.2) is 0 Å². The number of H-pyrrole nitrogens is 1. The number of aromatic hydroxyl groups is 1. The number of nitrogens with one attached hydrogen (secondary N) is 3. The number of esters is 1. The molecule has 0 radical (unpaired) electrons. The summed E-state index contributed by atoms with van der Waals surface area (Å²) in [6, 6.07) is 47.0. The Kier molecular flexibility index (Phi) is 15.7. The number of aromatic amines is 1. The fourth-order valence-corrected chi connectivity index (χ4v) is 8.98. The molecule has 324 valence electrons. The molecule has 8 rings (SSSR count). The molecule has 1 fully saturated rings. The molecular weight excluding hydrogens is 809 g/mol. The van der Waals surface area contributed by atoms with Crippen molar-refractivity contribution in [2.45, 2.75) is 51.4 Å². The number of aryl methyl sites for hydroxylation is 1. The highest BCUT2D eigenvalue weighted by molar-refractivity contribution is 7.15. The molecular formula is C52H54N4O6S. The SMILES string of the molecule is Cc1ccc(CNCC(O)c2ccc(O)c3[nH]c(=O)ccc23)cc1.O=CNCc1ccc(-c2cccc(C(C(=O)OCC3CCCN(Cc4ccccc4)C3)c3ccccc3)c2)s1. The summed E-state index contributed by atoms with van der Waals surface area (Å²) in [6.45, 7) is 6.96. The summed E-state index contributed by atoms with van der Waals surface area (Å²) < 4.78 is 6.04. The normalized spacial score (nSPS) is 14.9. The molecule has 7 aromatic rings. The number of fused-ring (bicyclic) bond motifs is 1. The van der Waals surface area contributed by atoms with E-state index < -0.39 is 12.0 Å². The molecule has 11 heteroatoms. The number of hydrogen-bond acceptors (Lipinski definition) is 9. The number of aromatic nitrogens is 1. The molecule has 1 amide bonds. The lowest BCUT2D eigenvalue weighted by Crippen LogP contribution is -2.37. The smallest absolute Gasteiger partial charge is 0.317 e. The summed E-state index contributed by atoms with van der Waals surface area (Å²) in [5, 5.41) is 26.9. The van der Waals surface area contributed by atoms with Crippen molar-refractivity contribution >= 4 is 34.6 Å². The fraction of sp³-hybridized carbons (Fsp3) is 0.250. The Morgan fingerprint density at radius 3 is 2.41 bits per heavy atom. The van der Waals surface area contributed by atoms with Gasteiger partial charge in [0.1, 0.15) is 11.7 Å².